The summed E-state index contributed by atoms with van der Waals surface area (Å²) in [6, 6.07) is -0.372. The second-order valence-corrected chi connectivity index (χ2v) is 7.04. The molecule has 2 N–H and O–H groups in total. The van der Waals surface area contributed by atoms with Crippen LogP contribution in [0.1, 0.15) is 32.1 Å². The average molecular weight is 277 g/mol. The first-order valence-corrected chi connectivity index (χ1v) is 8.05. The summed E-state index contributed by atoms with van der Waals surface area (Å²) in [6.07, 6.45) is 3.91. The molecule has 0 saturated heterocycles. The van der Waals surface area contributed by atoms with Gasteiger partial charge in [0.1, 0.15) is 9.84 Å². The van der Waals surface area contributed by atoms with Crippen molar-refractivity contribution >= 4 is 21.7 Å². The Hall–Kier alpha value is -1.11. The molecule has 0 aliphatic heterocycles. The van der Waals surface area contributed by atoms with Crippen LogP contribution in [0.2, 0.25) is 0 Å². The third-order valence-electron chi connectivity index (χ3n) is 3.13. The standard InChI is InChI=1S/C11H19NO5S/c1-18(16,17)7-6-10(13)12-9-5-3-2-4-8(9)11(14)15/h8-9H,2-7H2,1H3,(H,12,13)(H,14,15). The maximum absolute atomic E-state index is 11.6. The molecule has 1 fully saturated rings. The minimum absolute atomic E-state index is 0.109. The van der Waals surface area contributed by atoms with Gasteiger partial charge in [0, 0.05) is 18.7 Å². The number of rotatable bonds is 5. The molecule has 2 unspecified atom stereocenters. The van der Waals surface area contributed by atoms with Gasteiger partial charge >= 0.3 is 5.97 Å². The fourth-order valence-corrected chi connectivity index (χ4v) is 2.71. The van der Waals surface area contributed by atoms with Crippen molar-refractivity contribution in [2.45, 2.75) is 38.1 Å². The van der Waals surface area contributed by atoms with Crippen molar-refractivity contribution in [3.63, 3.8) is 0 Å². The van der Waals surface area contributed by atoms with Gasteiger partial charge in [-0.05, 0) is 12.8 Å². The second kappa shape index (κ2) is 6.17. The summed E-state index contributed by atoms with van der Waals surface area (Å²) in [6.45, 7) is 0. The van der Waals surface area contributed by atoms with E-state index in [1.54, 1.807) is 0 Å². The summed E-state index contributed by atoms with van der Waals surface area (Å²) in [5.41, 5.74) is 0. The van der Waals surface area contributed by atoms with Crippen molar-refractivity contribution in [2.75, 3.05) is 12.0 Å². The normalized spacial score (nSPS) is 24.5. The number of carboxylic acids is 1. The maximum atomic E-state index is 11.6. The molecule has 18 heavy (non-hydrogen) atoms. The van der Waals surface area contributed by atoms with E-state index in [0.29, 0.717) is 12.8 Å². The minimum Gasteiger partial charge on any atom is -0.481 e. The van der Waals surface area contributed by atoms with Crippen LogP contribution in [0.25, 0.3) is 0 Å². The zero-order valence-corrected chi connectivity index (χ0v) is 11.2. The minimum atomic E-state index is -3.17. The van der Waals surface area contributed by atoms with Crippen molar-refractivity contribution in [1.82, 2.24) is 5.32 Å². The van der Waals surface area contributed by atoms with E-state index in [1.165, 1.54) is 0 Å². The molecule has 1 saturated carbocycles. The molecule has 2 atom stereocenters. The molecule has 0 heterocycles. The van der Waals surface area contributed by atoms with Gasteiger partial charge in [0.25, 0.3) is 0 Å². The zero-order chi connectivity index (χ0) is 13.8. The summed E-state index contributed by atoms with van der Waals surface area (Å²) in [5.74, 6) is -2.05. The molecule has 0 aromatic carbocycles. The number of hydrogen-bond acceptors (Lipinski definition) is 4. The highest BCUT2D eigenvalue weighted by atomic mass is 32.2. The van der Waals surface area contributed by atoms with Crippen LogP contribution in [0.15, 0.2) is 0 Å². The maximum Gasteiger partial charge on any atom is 0.308 e. The van der Waals surface area contributed by atoms with Crippen molar-refractivity contribution in [3.8, 4) is 0 Å². The SMILES string of the molecule is CS(=O)(=O)CCC(=O)NC1CCCCC1C(=O)O. The second-order valence-electron chi connectivity index (χ2n) is 4.78. The molecule has 1 aliphatic rings. The molecule has 1 amide bonds. The first-order valence-electron chi connectivity index (χ1n) is 5.99. The number of aliphatic carboxylic acids is 1. The van der Waals surface area contributed by atoms with E-state index in [9.17, 15) is 18.0 Å². The number of carbonyl (C=O) groups excluding carboxylic acids is 1. The van der Waals surface area contributed by atoms with Crippen molar-refractivity contribution < 1.29 is 23.1 Å². The fraction of sp³-hybridized carbons (Fsp3) is 0.818. The largest absolute Gasteiger partial charge is 0.481 e. The Kier molecular flexibility index (Phi) is 5.13. The Morgan fingerprint density at radius 3 is 2.44 bits per heavy atom. The zero-order valence-electron chi connectivity index (χ0n) is 10.4. The molecule has 7 heteroatoms. The van der Waals surface area contributed by atoms with Gasteiger partial charge in [-0.1, -0.05) is 12.8 Å². The van der Waals surface area contributed by atoms with Gasteiger partial charge in [-0.2, -0.15) is 0 Å². The highest BCUT2D eigenvalue weighted by Crippen LogP contribution is 2.24. The lowest BCUT2D eigenvalue weighted by Gasteiger charge is -2.29. The summed E-state index contributed by atoms with van der Waals surface area (Å²) >= 11 is 0. The van der Waals surface area contributed by atoms with Gasteiger partial charge < -0.3 is 10.4 Å². The highest BCUT2D eigenvalue weighted by molar-refractivity contribution is 7.90. The lowest BCUT2D eigenvalue weighted by atomic mass is 9.84. The summed E-state index contributed by atoms with van der Waals surface area (Å²) in [7, 11) is -3.17. The molecule has 1 aliphatic carbocycles. The summed E-state index contributed by atoms with van der Waals surface area (Å²) < 4.78 is 21.9. The molecule has 0 bridgehead atoms. The lowest BCUT2D eigenvalue weighted by Crippen LogP contribution is -2.45. The van der Waals surface area contributed by atoms with Gasteiger partial charge in [-0.15, -0.1) is 0 Å². The number of amides is 1. The van der Waals surface area contributed by atoms with Crippen molar-refractivity contribution in [1.29, 1.82) is 0 Å². The monoisotopic (exact) mass is 277 g/mol. The van der Waals surface area contributed by atoms with Crippen molar-refractivity contribution in [2.24, 2.45) is 5.92 Å². The molecular weight excluding hydrogens is 258 g/mol. The van der Waals surface area contributed by atoms with E-state index in [0.717, 1.165) is 19.1 Å². The van der Waals surface area contributed by atoms with Gasteiger partial charge in [0.2, 0.25) is 5.91 Å². The molecule has 0 aromatic heterocycles. The quantitative estimate of drug-likeness (QED) is 0.746. The Bertz CT molecular complexity index is 417. The molecular formula is C11H19NO5S. The Labute approximate surface area is 107 Å². The van der Waals surface area contributed by atoms with E-state index in [2.05, 4.69) is 5.32 Å². The fourth-order valence-electron chi connectivity index (χ4n) is 2.16. The number of carbonyl (C=O) groups is 2. The summed E-state index contributed by atoms with van der Waals surface area (Å²) in [4.78, 5) is 22.6. The van der Waals surface area contributed by atoms with E-state index < -0.39 is 27.6 Å². The topological polar surface area (TPSA) is 101 Å². The van der Waals surface area contributed by atoms with Crippen LogP contribution in [0.5, 0.6) is 0 Å². The first kappa shape index (κ1) is 14.9. The van der Waals surface area contributed by atoms with Crippen LogP contribution in [-0.4, -0.2) is 43.5 Å². The third-order valence-corrected chi connectivity index (χ3v) is 4.08. The molecule has 0 spiro atoms. The predicted molar refractivity (Wildman–Crippen MR) is 65.9 cm³/mol. The van der Waals surface area contributed by atoms with Crippen LogP contribution in [0.3, 0.4) is 0 Å². The highest BCUT2D eigenvalue weighted by Gasteiger charge is 2.31. The Balaban J connectivity index is 2.49. The smallest absolute Gasteiger partial charge is 0.308 e. The number of sulfone groups is 1. The molecule has 1 rings (SSSR count). The lowest BCUT2D eigenvalue weighted by molar-refractivity contribution is -0.144. The molecule has 6 nitrogen and oxygen atoms in total. The Morgan fingerprint density at radius 1 is 1.28 bits per heavy atom. The third kappa shape index (κ3) is 5.03. The van der Waals surface area contributed by atoms with Gasteiger partial charge in [0.15, 0.2) is 0 Å². The van der Waals surface area contributed by atoms with Crippen molar-refractivity contribution in [3.05, 3.63) is 0 Å². The van der Waals surface area contributed by atoms with Gasteiger partial charge in [-0.25, -0.2) is 8.42 Å². The van der Waals surface area contributed by atoms with Crippen LogP contribution in [-0.2, 0) is 19.4 Å². The van der Waals surface area contributed by atoms with E-state index >= 15 is 0 Å². The Morgan fingerprint density at radius 2 is 1.89 bits per heavy atom. The van der Waals surface area contributed by atoms with Crippen LogP contribution in [0, 0.1) is 5.92 Å². The molecule has 104 valence electrons. The van der Waals surface area contributed by atoms with E-state index in [1.807, 2.05) is 0 Å². The van der Waals surface area contributed by atoms with Gasteiger partial charge in [0.05, 0.1) is 11.7 Å². The van der Waals surface area contributed by atoms with Gasteiger partial charge in [-0.3, -0.25) is 9.59 Å². The van der Waals surface area contributed by atoms with Crippen LogP contribution in [0.4, 0.5) is 0 Å². The van der Waals surface area contributed by atoms with E-state index in [4.69, 9.17) is 5.11 Å². The molecule has 0 radical (unpaired) electrons. The average Bonchev–Trinajstić information content (AvgIpc) is 2.26. The number of hydrogen-bond donors (Lipinski definition) is 2. The predicted octanol–water partition coefficient (Wildman–Crippen LogP) is 0.181. The summed E-state index contributed by atoms with van der Waals surface area (Å²) in [5, 5.41) is 11.7. The number of nitrogens with one attached hydrogen (secondary N) is 1. The first-order chi connectivity index (χ1) is 8.29. The number of carboxylic acid groups (broad SMARTS) is 1. The van der Waals surface area contributed by atoms with E-state index in [-0.39, 0.29) is 18.2 Å². The molecule has 0 aromatic rings. The van der Waals surface area contributed by atoms with Crippen LogP contribution < -0.4 is 5.32 Å². The van der Waals surface area contributed by atoms with Crippen LogP contribution >= 0.6 is 0 Å².